The number of ether oxygens (including phenoxy) is 2. The largest absolute Gasteiger partial charge is 0.461 e. The van der Waals surface area contributed by atoms with Crippen molar-refractivity contribution in [2.24, 2.45) is 5.84 Å². The second-order valence-electron chi connectivity index (χ2n) is 4.30. The highest BCUT2D eigenvalue weighted by molar-refractivity contribution is 5.84. The number of nitrogens with two attached hydrogens (primary N) is 1. The zero-order valence-electron chi connectivity index (χ0n) is 11.7. The highest BCUT2D eigenvalue weighted by Crippen LogP contribution is 2.11. The van der Waals surface area contributed by atoms with Crippen LogP contribution in [0.15, 0.2) is 48.5 Å². The van der Waals surface area contributed by atoms with E-state index in [4.69, 9.17) is 10.6 Å². The maximum absolute atomic E-state index is 11.9. The number of aromatic nitrogens is 1. The van der Waals surface area contributed by atoms with E-state index in [1.54, 1.807) is 18.2 Å². The van der Waals surface area contributed by atoms with Crippen LogP contribution in [0.2, 0.25) is 0 Å². The lowest BCUT2D eigenvalue weighted by atomic mass is 10.2. The summed E-state index contributed by atoms with van der Waals surface area (Å²) in [4.78, 5) is 26.2. The number of carbonyl (C=O) groups excluding carboxylic acids is 2. The molecule has 2 rings (SSSR count). The number of pyridine rings is 1. The van der Waals surface area contributed by atoms with E-state index in [1.165, 1.54) is 0 Å². The molecule has 0 bridgehead atoms. The molecular formula is C15H15N3O4. The van der Waals surface area contributed by atoms with Crippen molar-refractivity contribution < 1.29 is 19.1 Å². The summed E-state index contributed by atoms with van der Waals surface area (Å²) < 4.78 is 9.70. The van der Waals surface area contributed by atoms with Gasteiger partial charge in [0.15, 0.2) is 5.82 Å². The smallest absolute Gasteiger partial charge is 0.430 e. The Morgan fingerprint density at radius 2 is 1.91 bits per heavy atom. The first-order chi connectivity index (χ1) is 10.7. The average Bonchev–Trinajstić information content (AvgIpc) is 2.58. The lowest BCUT2D eigenvalue weighted by molar-refractivity contribution is -0.129. The minimum Gasteiger partial charge on any atom is -0.461 e. The van der Waals surface area contributed by atoms with Gasteiger partial charge in [-0.25, -0.2) is 15.6 Å². The fourth-order valence-electron chi connectivity index (χ4n) is 1.68. The standard InChI is InChI=1S/C15H15N3O4/c16-18(14-8-4-7-13(17-14)10-21-11-19)15(20)22-9-12-5-2-1-3-6-12/h1-8,11H,9-10,16H2. The average molecular weight is 301 g/mol. The molecule has 0 saturated heterocycles. The third-order valence-corrected chi connectivity index (χ3v) is 2.74. The Bertz CT molecular complexity index is 634. The maximum atomic E-state index is 11.9. The summed E-state index contributed by atoms with van der Waals surface area (Å²) in [5.74, 6) is 5.89. The maximum Gasteiger partial charge on any atom is 0.430 e. The Hall–Kier alpha value is -2.93. The molecule has 0 aliphatic carbocycles. The molecule has 0 radical (unpaired) electrons. The molecule has 0 aliphatic rings. The number of hydrogen-bond donors (Lipinski definition) is 1. The van der Waals surface area contributed by atoms with Crippen LogP contribution in [0.5, 0.6) is 0 Å². The van der Waals surface area contributed by atoms with Crippen LogP contribution in [0.3, 0.4) is 0 Å². The van der Waals surface area contributed by atoms with Gasteiger partial charge in [-0.1, -0.05) is 36.4 Å². The van der Waals surface area contributed by atoms with Gasteiger partial charge in [-0.15, -0.1) is 0 Å². The molecule has 1 heterocycles. The van der Waals surface area contributed by atoms with Gasteiger partial charge in [0.25, 0.3) is 6.47 Å². The fourth-order valence-corrected chi connectivity index (χ4v) is 1.68. The minimum absolute atomic E-state index is 0.00421. The van der Waals surface area contributed by atoms with Crippen molar-refractivity contribution in [1.82, 2.24) is 4.98 Å². The Kier molecular flexibility index (Phi) is 5.44. The quantitative estimate of drug-likeness (QED) is 0.378. The number of carbonyl (C=O) groups is 2. The van der Waals surface area contributed by atoms with Crippen LogP contribution in [0.25, 0.3) is 0 Å². The zero-order valence-corrected chi connectivity index (χ0v) is 11.7. The van der Waals surface area contributed by atoms with Gasteiger partial charge < -0.3 is 9.47 Å². The Morgan fingerprint density at radius 3 is 2.64 bits per heavy atom. The summed E-state index contributed by atoms with van der Waals surface area (Å²) in [6, 6.07) is 14.1. The summed E-state index contributed by atoms with van der Waals surface area (Å²) >= 11 is 0. The molecule has 2 aromatic rings. The highest BCUT2D eigenvalue weighted by atomic mass is 16.6. The van der Waals surface area contributed by atoms with Crippen LogP contribution in [0, 0.1) is 0 Å². The molecule has 1 aromatic heterocycles. The van der Waals surface area contributed by atoms with Gasteiger partial charge in [-0.05, 0) is 17.7 Å². The van der Waals surface area contributed by atoms with E-state index in [-0.39, 0.29) is 19.0 Å². The molecule has 0 saturated carbocycles. The Labute approximate surface area is 127 Å². The van der Waals surface area contributed by atoms with E-state index in [9.17, 15) is 9.59 Å². The van der Waals surface area contributed by atoms with Crippen molar-refractivity contribution in [3.63, 3.8) is 0 Å². The van der Waals surface area contributed by atoms with E-state index >= 15 is 0 Å². The summed E-state index contributed by atoms with van der Waals surface area (Å²) in [6.45, 7) is 0.439. The molecule has 1 aromatic carbocycles. The van der Waals surface area contributed by atoms with Crippen LogP contribution in [-0.4, -0.2) is 17.5 Å². The van der Waals surface area contributed by atoms with Crippen LogP contribution < -0.4 is 10.9 Å². The Morgan fingerprint density at radius 1 is 1.14 bits per heavy atom. The van der Waals surface area contributed by atoms with Crippen molar-refractivity contribution >= 4 is 18.4 Å². The molecule has 22 heavy (non-hydrogen) atoms. The lowest BCUT2D eigenvalue weighted by Crippen LogP contribution is -2.38. The van der Waals surface area contributed by atoms with Gasteiger partial charge in [0, 0.05) is 0 Å². The Balaban J connectivity index is 1.96. The molecule has 0 aliphatic heterocycles. The molecule has 0 atom stereocenters. The molecule has 0 spiro atoms. The molecule has 0 unspecified atom stereocenters. The van der Waals surface area contributed by atoms with E-state index in [2.05, 4.69) is 9.72 Å². The molecule has 0 fully saturated rings. The van der Waals surface area contributed by atoms with E-state index in [1.807, 2.05) is 30.3 Å². The van der Waals surface area contributed by atoms with Crippen LogP contribution in [0.4, 0.5) is 10.6 Å². The number of hydrazine groups is 1. The van der Waals surface area contributed by atoms with Gasteiger partial charge >= 0.3 is 6.09 Å². The summed E-state index contributed by atoms with van der Waals surface area (Å²) in [7, 11) is 0. The third-order valence-electron chi connectivity index (χ3n) is 2.74. The minimum atomic E-state index is -0.732. The SMILES string of the molecule is NN(C(=O)OCc1ccccc1)c1cccc(COC=O)n1. The fraction of sp³-hybridized carbons (Fsp3) is 0.133. The predicted octanol–water partition coefficient (Wildman–Crippen LogP) is 1.77. The topological polar surface area (TPSA) is 94.8 Å². The van der Waals surface area contributed by atoms with Crippen molar-refractivity contribution in [3.8, 4) is 0 Å². The molecule has 1 amide bonds. The van der Waals surface area contributed by atoms with E-state index in [0.29, 0.717) is 12.2 Å². The van der Waals surface area contributed by atoms with Gasteiger partial charge in [0.1, 0.15) is 13.2 Å². The number of amides is 1. The number of anilines is 1. The first-order valence-electron chi connectivity index (χ1n) is 6.47. The zero-order chi connectivity index (χ0) is 15.8. The van der Waals surface area contributed by atoms with Gasteiger partial charge in [0.05, 0.1) is 5.69 Å². The van der Waals surface area contributed by atoms with Crippen LogP contribution in [-0.2, 0) is 27.5 Å². The number of hydrogen-bond acceptors (Lipinski definition) is 6. The number of nitrogens with zero attached hydrogens (tertiary/aromatic N) is 2. The summed E-state index contributed by atoms with van der Waals surface area (Å²) in [5.41, 5.74) is 1.32. The number of rotatable bonds is 6. The second-order valence-corrected chi connectivity index (χ2v) is 4.30. The normalized spacial score (nSPS) is 9.86. The second kappa shape index (κ2) is 7.75. The van der Waals surface area contributed by atoms with Crippen molar-refractivity contribution in [1.29, 1.82) is 0 Å². The van der Waals surface area contributed by atoms with Crippen molar-refractivity contribution in [3.05, 3.63) is 59.8 Å². The molecular weight excluding hydrogens is 286 g/mol. The van der Waals surface area contributed by atoms with E-state index < -0.39 is 6.09 Å². The highest BCUT2D eigenvalue weighted by Gasteiger charge is 2.15. The number of benzene rings is 1. The van der Waals surface area contributed by atoms with E-state index in [0.717, 1.165) is 10.6 Å². The van der Waals surface area contributed by atoms with Gasteiger partial charge in [-0.2, -0.15) is 5.01 Å². The monoisotopic (exact) mass is 301 g/mol. The summed E-state index contributed by atoms with van der Waals surface area (Å²) in [5, 5.41) is 0.799. The van der Waals surface area contributed by atoms with Crippen molar-refractivity contribution in [2.45, 2.75) is 13.2 Å². The predicted molar refractivity (Wildman–Crippen MR) is 78.4 cm³/mol. The molecule has 7 heteroatoms. The first kappa shape index (κ1) is 15.5. The van der Waals surface area contributed by atoms with Gasteiger partial charge in [0.2, 0.25) is 0 Å². The molecule has 114 valence electrons. The molecule has 2 N–H and O–H groups in total. The lowest BCUT2D eigenvalue weighted by Gasteiger charge is -2.16. The van der Waals surface area contributed by atoms with Gasteiger partial charge in [-0.3, -0.25) is 4.79 Å². The van der Waals surface area contributed by atoms with Crippen LogP contribution >= 0.6 is 0 Å². The first-order valence-corrected chi connectivity index (χ1v) is 6.47. The van der Waals surface area contributed by atoms with Crippen molar-refractivity contribution in [2.75, 3.05) is 5.01 Å². The third kappa shape index (κ3) is 4.29. The van der Waals surface area contributed by atoms with Crippen LogP contribution in [0.1, 0.15) is 11.3 Å². The molecule has 7 nitrogen and oxygen atoms in total. The summed E-state index contributed by atoms with van der Waals surface area (Å²) in [6.07, 6.45) is -0.732.